The van der Waals surface area contributed by atoms with E-state index in [1.54, 1.807) is 4.90 Å². The van der Waals surface area contributed by atoms with Crippen molar-refractivity contribution in [3.63, 3.8) is 0 Å². The first-order valence-corrected chi connectivity index (χ1v) is 8.22. The second-order valence-electron chi connectivity index (χ2n) is 6.20. The smallest absolute Gasteiger partial charge is 0.410 e. The number of hydrogen-bond acceptors (Lipinski definition) is 4. The number of ether oxygens (including phenoxy) is 1. The van der Waals surface area contributed by atoms with Gasteiger partial charge in [0.1, 0.15) is 5.60 Å². The van der Waals surface area contributed by atoms with Gasteiger partial charge in [-0.05, 0) is 40.0 Å². The highest BCUT2D eigenvalue weighted by Gasteiger charge is 2.44. The highest BCUT2D eigenvalue weighted by molar-refractivity contribution is 7.91. The molecule has 2 atom stereocenters. The van der Waals surface area contributed by atoms with E-state index in [-0.39, 0.29) is 29.7 Å². The van der Waals surface area contributed by atoms with Crippen LogP contribution in [-0.4, -0.2) is 48.6 Å². The predicted molar refractivity (Wildman–Crippen MR) is 68.2 cm³/mol. The number of carbonyl (C=O) groups excluding carboxylic acids is 1. The normalized spacial score (nSPS) is 30.9. The molecule has 2 aliphatic heterocycles. The maximum absolute atomic E-state index is 12.1. The van der Waals surface area contributed by atoms with Crippen molar-refractivity contribution in [2.24, 2.45) is 0 Å². The summed E-state index contributed by atoms with van der Waals surface area (Å²) in [6, 6.07) is -0.394. The van der Waals surface area contributed by atoms with Gasteiger partial charge in [-0.2, -0.15) is 0 Å². The van der Waals surface area contributed by atoms with Crippen LogP contribution in [0.1, 0.15) is 40.0 Å². The van der Waals surface area contributed by atoms with Gasteiger partial charge in [-0.1, -0.05) is 0 Å². The van der Waals surface area contributed by atoms with Gasteiger partial charge < -0.3 is 9.64 Å². The lowest BCUT2D eigenvalue weighted by Gasteiger charge is -2.45. The number of amides is 1. The van der Waals surface area contributed by atoms with E-state index in [0.29, 0.717) is 0 Å². The first-order valence-electron chi connectivity index (χ1n) is 6.40. The Hall–Kier alpha value is -0.780. The van der Waals surface area contributed by atoms with Gasteiger partial charge in [0.2, 0.25) is 0 Å². The lowest BCUT2D eigenvalue weighted by atomic mass is 9.97. The van der Waals surface area contributed by atoms with E-state index in [9.17, 15) is 13.2 Å². The lowest BCUT2D eigenvalue weighted by Crippen LogP contribution is -2.60. The molecule has 0 spiro atoms. The summed E-state index contributed by atoms with van der Waals surface area (Å²) in [5.74, 6) is 0.172. The van der Waals surface area contributed by atoms with Crippen LogP contribution in [0.2, 0.25) is 0 Å². The van der Waals surface area contributed by atoms with Crippen molar-refractivity contribution in [3.8, 4) is 0 Å². The number of nitrogens with zero attached hydrogens (tertiary/aromatic N) is 1. The van der Waals surface area contributed by atoms with Crippen LogP contribution in [0, 0.1) is 0 Å². The van der Waals surface area contributed by atoms with Crippen LogP contribution in [0.25, 0.3) is 0 Å². The van der Waals surface area contributed by atoms with Crippen LogP contribution in [0.3, 0.4) is 0 Å². The minimum atomic E-state index is -3.00. The Bertz CT molecular complexity index is 417. The number of piperidine rings is 1. The van der Waals surface area contributed by atoms with E-state index in [4.69, 9.17) is 4.74 Å². The Morgan fingerprint density at radius 2 is 1.67 bits per heavy atom. The molecule has 104 valence electrons. The number of carbonyl (C=O) groups is 1. The van der Waals surface area contributed by atoms with E-state index < -0.39 is 15.4 Å². The van der Waals surface area contributed by atoms with Crippen LogP contribution in [0.4, 0.5) is 4.79 Å². The SMILES string of the molecule is CC(C)(C)OC(=O)N1C2CCCC1CS(=O)(=O)C2. The molecule has 2 aliphatic rings. The van der Waals surface area contributed by atoms with Crippen molar-refractivity contribution in [2.75, 3.05) is 11.5 Å². The van der Waals surface area contributed by atoms with E-state index in [1.165, 1.54) is 0 Å². The van der Waals surface area contributed by atoms with Gasteiger partial charge in [0.15, 0.2) is 9.84 Å². The zero-order chi connectivity index (χ0) is 13.6. The molecule has 2 bridgehead atoms. The molecule has 2 unspecified atom stereocenters. The molecule has 2 saturated heterocycles. The van der Waals surface area contributed by atoms with E-state index in [2.05, 4.69) is 0 Å². The van der Waals surface area contributed by atoms with Crippen molar-refractivity contribution in [1.29, 1.82) is 0 Å². The largest absolute Gasteiger partial charge is 0.444 e. The molecule has 0 aromatic heterocycles. The summed E-state index contributed by atoms with van der Waals surface area (Å²) in [4.78, 5) is 13.8. The lowest BCUT2D eigenvalue weighted by molar-refractivity contribution is -0.00100. The van der Waals surface area contributed by atoms with Gasteiger partial charge in [-0.3, -0.25) is 0 Å². The van der Waals surface area contributed by atoms with Crippen molar-refractivity contribution in [1.82, 2.24) is 4.90 Å². The standard InChI is InChI=1S/C12H21NO4S/c1-12(2,3)17-11(14)13-9-5-4-6-10(13)8-18(15,16)7-9/h9-10H,4-8H2,1-3H3. The van der Waals surface area contributed by atoms with Crippen LogP contribution < -0.4 is 0 Å². The Morgan fingerprint density at radius 3 is 2.11 bits per heavy atom. The van der Waals surface area contributed by atoms with E-state index in [1.807, 2.05) is 20.8 Å². The van der Waals surface area contributed by atoms with Crippen molar-refractivity contribution >= 4 is 15.9 Å². The predicted octanol–water partition coefficient (Wildman–Crippen LogP) is 1.57. The molecule has 18 heavy (non-hydrogen) atoms. The summed E-state index contributed by atoms with van der Waals surface area (Å²) in [5.41, 5.74) is -0.540. The van der Waals surface area contributed by atoms with Crippen LogP contribution in [-0.2, 0) is 14.6 Å². The molecule has 0 aromatic rings. The highest BCUT2D eigenvalue weighted by Crippen LogP contribution is 2.31. The zero-order valence-corrected chi connectivity index (χ0v) is 12.0. The average molecular weight is 275 g/mol. The fraction of sp³-hybridized carbons (Fsp3) is 0.917. The average Bonchev–Trinajstić information content (AvgIpc) is 2.11. The molecule has 1 amide bonds. The fourth-order valence-electron chi connectivity index (χ4n) is 2.76. The summed E-state index contributed by atoms with van der Waals surface area (Å²) in [5, 5.41) is 0. The first-order chi connectivity index (χ1) is 8.18. The van der Waals surface area contributed by atoms with Crippen molar-refractivity contribution < 1.29 is 17.9 Å². The minimum absolute atomic E-state index is 0.0861. The topological polar surface area (TPSA) is 63.7 Å². The van der Waals surface area contributed by atoms with Crippen LogP contribution in [0.5, 0.6) is 0 Å². The summed E-state index contributed by atoms with van der Waals surface area (Å²) in [6.45, 7) is 5.46. The van der Waals surface area contributed by atoms with Gasteiger partial charge in [0, 0.05) is 12.1 Å². The third kappa shape index (κ3) is 2.96. The van der Waals surface area contributed by atoms with Gasteiger partial charge >= 0.3 is 6.09 Å². The Balaban J connectivity index is 2.16. The second-order valence-corrected chi connectivity index (χ2v) is 8.36. The zero-order valence-electron chi connectivity index (χ0n) is 11.2. The molecule has 6 heteroatoms. The second kappa shape index (κ2) is 4.40. The quantitative estimate of drug-likeness (QED) is 0.673. The number of rotatable bonds is 0. The summed E-state index contributed by atoms with van der Waals surface area (Å²) >= 11 is 0. The van der Waals surface area contributed by atoms with Gasteiger partial charge in [0.05, 0.1) is 11.5 Å². The minimum Gasteiger partial charge on any atom is -0.444 e. The molecule has 2 rings (SSSR count). The molecule has 0 saturated carbocycles. The Kier molecular flexibility index (Phi) is 3.34. The third-order valence-corrected chi connectivity index (χ3v) is 5.14. The number of sulfone groups is 1. The van der Waals surface area contributed by atoms with Crippen LogP contribution in [0.15, 0.2) is 0 Å². The Labute approximate surface area is 108 Å². The summed E-state index contributed by atoms with van der Waals surface area (Å²) in [7, 11) is -3.00. The molecular weight excluding hydrogens is 254 g/mol. The molecular formula is C12H21NO4S. The molecule has 0 aromatic carbocycles. The van der Waals surface area contributed by atoms with Gasteiger partial charge in [0.25, 0.3) is 0 Å². The van der Waals surface area contributed by atoms with E-state index >= 15 is 0 Å². The van der Waals surface area contributed by atoms with Crippen LogP contribution >= 0.6 is 0 Å². The first kappa shape index (κ1) is 13.6. The maximum Gasteiger partial charge on any atom is 0.410 e. The number of hydrogen-bond donors (Lipinski definition) is 0. The van der Waals surface area contributed by atoms with Crippen molar-refractivity contribution in [2.45, 2.75) is 57.7 Å². The molecule has 2 fully saturated rings. The highest BCUT2D eigenvalue weighted by atomic mass is 32.2. The summed E-state index contributed by atoms with van der Waals surface area (Å²) in [6.07, 6.45) is 2.14. The molecule has 5 nitrogen and oxygen atoms in total. The van der Waals surface area contributed by atoms with Gasteiger partial charge in [-0.15, -0.1) is 0 Å². The third-order valence-electron chi connectivity index (χ3n) is 3.36. The Morgan fingerprint density at radius 1 is 1.17 bits per heavy atom. The monoisotopic (exact) mass is 275 g/mol. The van der Waals surface area contributed by atoms with E-state index in [0.717, 1.165) is 19.3 Å². The maximum atomic E-state index is 12.1. The molecule has 2 heterocycles. The van der Waals surface area contributed by atoms with Crippen molar-refractivity contribution in [3.05, 3.63) is 0 Å². The number of fused-ring (bicyclic) bond motifs is 2. The van der Waals surface area contributed by atoms with Gasteiger partial charge in [-0.25, -0.2) is 13.2 Å². The molecule has 0 aliphatic carbocycles. The summed E-state index contributed by atoms with van der Waals surface area (Å²) < 4.78 is 28.9. The molecule has 0 radical (unpaired) electrons. The fourth-order valence-corrected chi connectivity index (χ4v) is 4.72. The molecule has 0 N–H and O–H groups in total.